The summed E-state index contributed by atoms with van der Waals surface area (Å²) in [4.78, 5) is 16.1. The van der Waals surface area contributed by atoms with Crippen molar-refractivity contribution >= 4 is 29.0 Å². The van der Waals surface area contributed by atoms with Crippen molar-refractivity contribution in [1.29, 1.82) is 0 Å². The van der Waals surface area contributed by atoms with Gasteiger partial charge in [0.25, 0.3) is 0 Å². The molecule has 114 valence electrons. The van der Waals surface area contributed by atoms with E-state index in [-0.39, 0.29) is 11.7 Å². The third-order valence-corrected chi connectivity index (χ3v) is 4.03. The molecule has 0 radical (unpaired) electrons. The van der Waals surface area contributed by atoms with Gasteiger partial charge < -0.3 is 20.7 Å². The zero-order chi connectivity index (χ0) is 15.4. The summed E-state index contributed by atoms with van der Waals surface area (Å²) in [6.45, 7) is 4.23. The number of hydrogen-bond donors (Lipinski definition) is 2. The van der Waals surface area contributed by atoms with Gasteiger partial charge in [-0.3, -0.25) is 4.79 Å². The first-order chi connectivity index (χ1) is 10.0. The zero-order valence-corrected chi connectivity index (χ0v) is 12.6. The fourth-order valence-corrected chi connectivity index (χ4v) is 2.62. The molecule has 7 heteroatoms. The number of carbonyl (C=O) groups excluding carboxylic acids is 1. The Morgan fingerprint density at radius 3 is 2.52 bits per heavy atom. The number of anilines is 1. The fourth-order valence-electron chi connectivity index (χ4n) is 2.36. The molecule has 3 N–H and O–H groups in total. The lowest BCUT2D eigenvalue weighted by atomic mass is 10.1. The van der Waals surface area contributed by atoms with Crippen molar-refractivity contribution in [3.8, 4) is 0 Å². The van der Waals surface area contributed by atoms with Crippen LogP contribution in [0, 0.1) is 5.92 Å². The summed E-state index contributed by atoms with van der Waals surface area (Å²) in [5, 5.41) is 12.3. The Labute approximate surface area is 128 Å². The largest absolute Gasteiger partial charge is 0.409 e. The molecule has 1 aliphatic rings. The molecule has 6 nitrogen and oxygen atoms in total. The number of rotatable bonds is 3. The lowest BCUT2D eigenvalue weighted by molar-refractivity contribution is -0.133. The minimum Gasteiger partial charge on any atom is -0.409 e. The lowest BCUT2D eigenvalue weighted by Gasteiger charge is -2.37. The molecule has 0 saturated carbocycles. The Bertz CT molecular complexity index is 542. The van der Waals surface area contributed by atoms with E-state index < -0.39 is 5.92 Å². The molecule has 1 aromatic rings. The van der Waals surface area contributed by atoms with Crippen LogP contribution in [0.3, 0.4) is 0 Å². The second-order valence-electron chi connectivity index (χ2n) is 5.01. The van der Waals surface area contributed by atoms with Crippen LogP contribution in [0.15, 0.2) is 29.4 Å². The third-order valence-electron chi connectivity index (χ3n) is 3.71. The molecule has 1 aliphatic heterocycles. The van der Waals surface area contributed by atoms with E-state index >= 15 is 0 Å². The second kappa shape index (κ2) is 6.67. The molecule has 2 rings (SSSR count). The highest BCUT2D eigenvalue weighted by Crippen LogP contribution is 2.26. The molecule has 1 unspecified atom stereocenters. The summed E-state index contributed by atoms with van der Waals surface area (Å²) in [6.07, 6.45) is 0. The average molecular weight is 311 g/mol. The number of amides is 1. The molecule has 1 heterocycles. The van der Waals surface area contributed by atoms with Gasteiger partial charge in [0.1, 0.15) is 0 Å². The van der Waals surface area contributed by atoms with Gasteiger partial charge in [-0.25, -0.2) is 0 Å². The molecule has 1 aromatic carbocycles. The first-order valence-electron chi connectivity index (χ1n) is 6.80. The van der Waals surface area contributed by atoms with E-state index in [0.717, 1.165) is 5.69 Å². The highest BCUT2D eigenvalue weighted by atomic mass is 35.5. The summed E-state index contributed by atoms with van der Waals surface area (Å²) in [5.41, 5.74) is 6.47. The number of halogens is 1. The van der Waals surface area contributed by atoms with Gasteiger partial charge in [0, 0.05) is 26.2 Å². The van der Waals surface area contributed by atoms with Crippen LogP contribution < -0.4 is 10.6 Å². The maximum Gasteiger partial charge on any atom is 0.233 e. The van der Waals surface area contributed by atoms with Crippen molar-refractivity contribution in [2.45, 2.75) is 6.92 Å². The van der Waals surface area contributed by atoms with Gasteiger partial charge in [-0.1, -0.05) is 28.9 Å². The number of nitrogens with two attached hydrogens (primary N) is 1. The second-order valence-corrected chi connectivity index (χ2v) is 5.42. The molecule has 0 bridgehead atoms. The Morgan fingerprint density at radius 2 is 1.95 bits per heavy atom. The molecular formula is C14H19ClN4O2. The van der Waals surface area contributed by atoms with Gasteiger partial charge in [-0.15, -0.1) is 0 Å². The van der Waals surface area contributed by atoms with E-state index in [1.807, 2.05) is 24.3 Å². The van der Waals surface area contributed by atoms with E-state index in [1.54, 1.807) is 11.8 Å². The number of nitrogens with zero attached hydrogens (tertiary/aromatic N) is 3. The highest BCUT2D eigenvalue weighted by molar-refractivity contribution is 6.33. The monoisotopic (exact) mass is 310 g/mol. The zero-order valence-electron chi connectivity index (χ0n) is 11.9. The number of hydrogen-bond acceptors (Lipinski definition) is 4. The number of para-hydroxylation sites is 1. The van der Waals surface area contributed by atoms with Crippen LogP contribution >= 0.6 is 11.6 Å². The molecule has 1 fully saturated rings. The van der Waals surface area contributed by atoms with E-state index in [1.165, 1.54) is 0 Å². The molecule has 1 saturated heterocycles. The molecule has 1 atom stereocenters. The summed E-state index contributed by atoms with van der Waals surface area (Å²) in [6, 6.07) is 7.66. The molecule has 0 aliphatic carbocycles. The molecule has 1 amide bonds. The van der Waals surface area contributed by atoms with Crippen molar-refractivity contribution in [2.24, 2.45) is 16.8 Å². The summed E-state index contributed by atoms with van der Waals surface area (Å²) >= 11 is 6.19. The third kappa shape index (κ3) is 3.39. The van der Waals surface area contributed by atoms with Crippen LogP contribution in [0.5, 0.6) is 0 Å². The highest BCUT2D eigenvalue weighted by Gasteiger charge is 2.27. The quantitative estimate of drug-likeness (QED) is 0.382. The maximum absolute atomic E-state index is 12.2. The number of oxime groups is 1. The molecular weight excluding hydrogens is 292 g/mol. The Morgan fingerprint density at radius 1 is 1.33 bits per heavy atom. The summed E-state index contributed by atoms with van der Waals surface area (Å²) in [7, 11) is 0. The molecule has 0 aromatic heterocycles. The Hall–Kier alpha value is -1.95. The van der Waals surface area contributed by atoms with Gasteiger partial charge in [-0.2, -0.15) is 0 Å². The van der Waals surface area contributed by atoms with E-state index in [4.69, 9.17) is 22.5 Å². The number of benzene rings is 1. The van der Waals surface area contributed by atoms with E-state index in [9.17, 15) is 4.79 Å². The number of carbonyl (C=O) groups is 1. The first kappa shape index (κ1) is 15.4. The van der Waals surface area contributed by atoms with E-state index in [0.29, 0.717) is 31.2 Å². The number of amidine groups is 1. The molecule has 21 heavy (non-hydrogen) atoms. The van der Waals surface area contributed by atoms with Crippen LogP contribution in [0.1, 0.15) is 6.92 Å². The van der Waals surface area contributed by atoms with Crippen molar-refractivity contribution in [1.82, 2.24) is 4.90 Å². The predicted octanol–water partition coefficient (Wildman–Crippen LogP) is 1.37. The minimum atomic E-state index is -0.609. The van der Waals surface area contributed by atoms with Crippen molar-refractivity contribution in [3.05, 3.63) is 29.3 Å². The topological polar surface area (TPSA) is 82.2 Å². The van der Waals surface area contributed by atoms with Crippen molar-refractivity contribution in [3.63, 3.8) is 0 Å². The average Bonchev–Trinajstić information content (AvgIpc) is 2.53. The Balaban J connectivity index is 1.98. The fraction of sp³-hybridized carbons (Fsp3) is 0.429. The first-order valence-corrected chi connectivity index (χ1v) is 7.18. The smallest absolute Gasteiger partial charge is 0.233 e. The van der Waals surface area contributed by atoms with Crippen LogP contribution in [-0.2, 0) is 4.79 Å². The SMILES string of the molecule is CC(C(=O)N1CCN(c2ccccc2Cl)CC1)C(N)=NO. The van der Waals surface area contributed by atoms with Crippen LogP contribution in [0.2, 0.25) is 5.02 Å². The van der Waals surface area contributed by atoms with Crippen molar-refractivity contribution in [2.75, 3.05) is 31.1 Å². The maximum atomic E-state index is 12.2. The van der Waals surface area contributed by atoms with Crippen LogP contribution in [0.4, 0.5) is 5.69 Å². The van der Waals surface area contributed by atoms with Crippen molar-refractivity contribution < 1.29 is 10.0 Å². The normalized spacial score (nSPS) is 17.7. The van der Waals surface area contributed by atoms with Gasteiger partial charge in [0.2, 0.25) is 5.91 Å². The van der Waals surface area contributed by atoms with Gasteiger partial charge in [-0.05, 0) is 19.1 Å². The van der Waals surface area contributed by atoms with Crippen LogP contribution in [0.25, 0.3) is 0 Å². The standard InChI is InChI=1S/C14H19ClN4O2/c1-10(13(16)17-21)14(20)19-8-6-18(7-9-19)12-5-3-2-4-11(12)15/h2-5,10,21H,6-9H2,1H3,(H2,16,17). The summed E-state index contributed by atoms with van der Waals surface area (Å²) in [5.74, 6) is -0.792. The van der Waals surface area contributed by atoms with E-state index in [2.05, 4.69) is 10.1 Å². The minimum absolute atomic E-state index is 0.0615. The predicted molar refractivity (Wildman–Crippen MR) is 82.8 cm³/mol. The van der Waals surface area contributed by atoms with Crippen LogP contribution in [-0.4, -0.2) is 48.0 Å². The Kier molecular flexibility index (Phi) is 4.90. The number of piperazine rings is 1. The molecule has 0 spiro atoms. The van der Waals surface area contributed by atoms with Gasteiger partial charge in [0.15, 0.2) is 5.84 Å². The summed E-state index contributed by atoms with van der Waals surface area (Å²) < 4.78 is 0. The lowest BCUT2D eigenvalue weighted by Crippen LogP contribution is -2.51. The van der Waals surface area contributed by atoms with Gasteiger partial charge >= 0.3 is 0 Å². The van der Waals surface area contributed by atoms with Gasteiger partial charge in [0.05, 0.1) is 16.6 Å².